The van der Waals surface area contributed by atoms with Crippen molar-refractivity contribution in [3.05, 3.63) is 24.3 Å². The first-order valence-corrected chi connectivity index (χ1v) is 20.8. The predicted molar refractivity (Wildman–Crippen MR) is 206 cm³/mol. The van der Waals surface area contributed by atoms with Gasteiger partial charge < -0.3 is 14.2 Å². The van der Waals surface area contributed by atoms with Crippen molar-refractivity contribution in [2.45, 2.75) is 219 Å². The molecule has 0 spiro atoms. The number of esters is 3. The number of hydrogen-bond acceptors (Lipinski definition) is 6. The van der Waals surface area contributed by atoms with Crippen LogP contribution in [0.2, 0.25) is 0 Å². The molecule has 1 unspecified atom stereocenters. The molecule has 0 rings (SSSR count). The van der Waals surface area contributed by atoms with Crippen LogP contribution >= 0.6 is 0 Å². The van der Waals surface area contributed by atoms with Crippen LogP contribution in [0.15, 0.2) is 24.3 Å². The highest BCUT2D eigenvalue weighted by Crippen LogP contribution is 2.13. The summed E-state index contributed by atoms with van der Waals surface area (Å²) < 4.78 is 16.6. The molecule has 1 atom stereocenters. The van der Waals surface area contributed by atoms with Crippen molar-refractivity contribution in [1.29, 1.82) is 0 Å². The Bertz CT molecular complexity index is 804. The smallest absolute Gasteiger partial charge is 0.306 e. The van der Waals surface area contributed by atoms with Crippen molar-refractivity contribution in [3.63, 3.8) is 0 Å². The van der Waals surface area contributed by atoms with Crippen molar-refractivity contribution in [2.75, 3.05) is 13.2 Å². The summed E-state index contributed by atoms with van der Waals surface area (Å²) in [5, 5.41) is 0. The van der Waals surface area contributed by atoms with Gasteiger partial charge in [-0.2, -0.15) is 0 Å². The molecular weight excluding hydrogens is 612 g/mol. The number of allylic oxidation sites excluding steroid dienone is 4. The van der Waals surface area contributed by atoms with E-state index in [4.69, 9.17) is 14.2 Å². The standard InChI is InChI=1S/C43H78O6/c1-4-7-10-13-16-18-19-20-21-22-23-25-27-30-33-36-42(45)48-39-40(38-47-41(44)35-32-29-26-15-12-9-6-3)49-43(46)37-34-31-28-24-17-14-11-8-5-2/h16,18,20-21,40H,4-15,17,19,22-39H2,1-3H3/b18-16-,21-20-. The Kier molecular flexibility index (Phi) is 37.0. The van der Waals surface area contributed by atoms with Crippen molar-refractivity contribution in [2.24, 2.45) is 0 Å². The second-order valence-corrected chi connectivity index (χ2v) is 13.9. The Morgan fingerprint density at radius 3 is 1.16 bits per heavy atom. The Hall–Kier alpha value is -2.11. The summed E-state index contributed by atoms with van der Waals surface area (Å²) in [6.45, 7) is 6.52. The molecule has 6 heteroatoms. The minimum atomic E-state index is -0.766. The first kappa shape index (κ1) is 46.9. The molecule has 0 saturated carbocycles. The normalized spacial score (nSPS) is 12.1. The third-order valence-electron chi connectivity index (χ3n) is 8.96. The van der Waals surface area contributed by atoms with E-state index in [9.17, 15) is 14.4 Å². The maximum absolute atomic E-state index is 12.6. The van der Waals surface area contributed by atoms with Crippen molar-refractivity contribution < 1.29 is 28.6 Å². The molecule has 0 aromatic heterocycles. The number of carbonyl (C=O) groups is 3. The number of carbonyl (C=O) groups excluding carboxylic acids is 3. The molecule has 0 aliphatic rings. The van der Waals surface area contributed by atoms with Crippen molar-refractivity contribution >= 4 is 17.9 Å². The lowest BCUT2D eigenvalue weighted by atomic mass is 10.1. The Morgan fingerprint density at radius 2 is 0.735 bits per heavy atom. The summed E-state index contributed by atoms with van der Waals surface area (Å²) in [7, 11) is 0. The van der Waals surface area contributed by atoms with Crippen LogP contribution in [-0.2, 0) is 28.6 Å². The first-order valence-electron chi connectivity index (χ1n) is 20.8. The average Bonchev–Trinajstić information content (AvgIpc) is 3.10. The lowest BCUT2D eigenvalue weighted by molar-refractivity contribution is -0.167. The molecule has 0 aromatic carbocycles. The lowest BCUT2D eigenvalue weighted by Crippen LogP contribution is -2.30. The van der Waals surface area contributed by atoms with Crippen LogP contribution in [0.4, 0.5) is 0 Å². The van der Waals surface area contributed by atoms with Gasteiger partial charge in [-0.3, -0.25) is 14.4 Å². The molecule has 0 heterocycles. The van der Waals surface area contributed by atoms with E-state index in [-0.39, 0.29) is 31.1 Å². The molecule has 6 nitrogen and oxygen atoms in total. The molecule has 0 saturated heterocycles. The molecule has 0 radical (unpaired) electrons. The molecule has 0 bridgehead atoms. The largest absolute Gasteiger partial charge is 0.462 e. The number of hydrogen-bond donors (Lipinski definition) is 0. The van der Waals surface area contributed by atoms with Crippen LogP contribution < -0.4 is 0 Å². The van der Waals surface area contributed by atoms with Gasteiger partial charge in [0.25, 0.3) is 0 Å². The van der Waals surface area contributed by atoms with Crippen LogP contribution in [0.25, 0.3) is 0 Å². The molecule has 0 fully saturated rings. The lowest BCUT2D eigenvalue weighted by Gasteiger charge is -2.18. The fourth-order valence-corrected chi connectivity index (χ4v) is 5.76. The SMILES string of the molecule is CCCCC/C=C\C/C=C\CCCCCCCC(=O)OCC(COC(=O)CCCCCCCCC)OC(=O)CCCCCCCCCCC. The topological polar surface area (TPSA) is 78.9 Å². The van der Waals surface area contributed by atoms with E-state index >= 15 is 0 Å². The molecular formula is C43H78O6. The van der Waals surface area contributed by atoms with Gasteiger partial charge in [0.05, 0.1) is 0 Å². The summed E-state index contributed by atoms with van der Waals surface area (Å²) in [6.07, 6.45) is 40.3. The first-order chi connectivity index (χ1) is 24.0. The molecule has 0 aliphatic carbocycles. The zero-order valence-corrected chi connectivity index (χ0v) is 32.5. The van der Waals surface area contributed by atoms with Gasteiger partial charge in [-0.1, -0.05) is 167 Å². The van der Waals surface area contributed by atoms with Crippen molar-refractivity contribution in [1.82, 2.24) is 0 Å². The molecule has 49 heavy (non-hydrogen) atoms. The van der Waals surface area contributed by atoms with Crippen molar-refractivity contribution in [3.8, 4) is 0 Å². The van der Waals surface area contributed by atoms with Crippen LogP contribution in [0.5, 0.6) is 0 Å². The van der Waals surface area contributed by atoms with Gasteiger partial charge in [0.2, 0.25) is 0 Å². The van der Waals surface area contributed by atoms with Gasteiger partial charge in [-0.15, -0.1) is 0 Å². The Labute approximate surface area is 303 Å². The van der Waals surface area contributed by atoms with E-state index < -0.39 is 6.10 Å². The minimum Gasteiger partial charge on any atom is -0.462 e. The monoisotopic (exact) mass is 691 g/mol. The Balaban J connectivity index is 4.31. The minimum absolute atomic E-state index is 0.0736. The van der Waals surface area contributed by atoms with Gasteiger partial charge in [0.1, 0.15) is 13.2 Å². The highest BCUT2D eigenvalue weighted by Gasteiger charge is 2.19. The molecule has 0 aromatic rings. The zero-order valence-electron chi connectivity index (χ0n) is 32.5. The molecule has 0 N–H and O–H groups in total. The number of rotatable bonds is 37. The van der Waals surface area contributed by atoms with Gasteiger partial charge >= 0.3 is 17.9 Å². The van der Waals surface area contributed by atoms with E-state index in [0.29, 0.717) is 19.3 Å². The fraction of sp³-hybridized carbons (Fsp3) is 0.837. The van der Waals surface area contributed by atoms with Gasteiger partial charge in [0, 0.05) is 19.3 Å². The van der Waals surface area contributed by atoms with Crippen LogP contribution in [0, 0.1) is 0 Å². The summed E-state index contributed by atoms with van der Waals surface area (Å²) >= 11 is 0. The third-order valence-corrected chi connectivity index (χ3v) is 8.96. The van der Waals surface area contributed by atoms with Gasteiger partial charge in [-0.25, -0.2) is 0 Å². The van der Waals surface area contributed by atoms with E-state index in [1.165, 1.54) is 96.3 Å². The third kappa shape index (κ3) is 37.0. The maximum atomic E-state index is 12.6. The second kappa shape index (κ2) is 38.7. The summed E-state index contributed by atoms with van der Waals surface area (Å²) in [5.41, 5.74) is 0. The van der Waals surface area contributed by atoms with Crippen LogP contribution in [-0.4, -0.2) is 37.2 Å². The van der Waals surface area contributed by atoms with E-state index in [0.717, 1.165) is 77.0 Å². The average molecular weight is 691 g/mol. The zero-order chi connectivity index (χ0) is 35.9. The molecule has 286 valence electrons. The highest BCUT2D eigenvalue weighted by atomic mass is 16.6. The molecule has 0 aliphatic heterocycles. The van der Waals surface area contributed by atoms with E-state index in [1.54, 1.807) is 0 Å². The summed E-state index contributed by atoms with van der Waals surface area (Å²) in [5.74, 6) is -0.897. The van der Waals surface area contributed by atoms with Gasteiger partial charge in [0.15, 0.2) is 6.10 Å². The number of unbranched alkanes of at least 4 members (excludes halogenated alkanes) is 22. The quantitative estimate of drug-likeness (QED) is 0.0279. The maximum Gasteiger partial charge on any atom is 0.306 e. The van der Waals surface area contributed by atoms with E-state index in [1.807, 2.05) is 0 Å². The van der Waals surface area contributed by atoms with E-state index in [2.05, 4.69) is 45.1 Å². The summed E-state index contributed by atoms with van der Waals surface area (Å²) in [4.78, 5) is 37.4. The van der Waals surface area contributed by atoms with Crippen LogP contribution in [0.3, 0.4) is 0 Å². The second-order valence-electron chi connectivity index (χ2n) is 13.9. The van der Waals surface area contributed by atoms with Crippen LogP contribution in [0.1, 0.15) is 213 Å². The fourth-order valence-electron chi connectivity index (χ4n) is 5.76. The predicted octanol–water partition coefficient (Wildman–Crippen LogP) is 12.9. The number of ether oxygens (including phenoxy) is 3. The molecule has 0 amide bonds. The highest BCUT2D eigenvalue weighted by molar-refractivity contribution is 5.71. The van der Waals surface area contributed by atoms with Gasteiger partial charge in [-0.05, 0) is 51.4 Å². The Morgan fingerprint density at radius 1 is 0.408 bits per heavy atom. The summed E-state index contributed by atoms with van der Waals surface area (Å²) in [6, 6.07) is 0.